The molecular formula is C19H17N5O2. The van der Waals surface area contributed by atoms with Gasteiger partial charge >= 0.3 is 0 Å². The van der Waals surface area contributed by atoms with Gasteiger partial charge in [0.2, 0.25) is 5.89 Å². The van der Waals surface area contributed by atoms with Crippen molar-refractivity contribution in [3.05, 3.63) is 66.4 Å². The van der Waals surface area contributed by atoms with Crippen molar-refractivity contribution in [2.24, 2.45) is 0 Å². The topological polar surface area (TPSA) is 89.9 Å². The van der Waals surface area contributed by atoms with E-state index in [4.69, 9.17) is 8.94 Å². The van der Waals surface area contributed by atoms with Gasteiger partial charge in [0.25, 0.3) is 5.89 Å². The summed E-state index contributed by atoms with van der Waals surface area (Å²) in [7, 11) is 0. The number of benzene rings is 1. The molecule has 0 aliphatic rings. The number of aryl methyl sites for hydroxylation is 1. The first-order valence-electron chi connectivity index (χ1n) is 8.28. The van der Waals surface area contributed by atoms with Crippen LogP contribution in [0.25, 0.3) is 22.9 Å². The first-order chi connectivity index (χ1) is 12.8. The first-order valence-corrected chi connectivity index (χ1v) is 8.28. The Labute approximate surface area is 150 Å². The Kier molecular flexibility index (Phi) is 4.42. The molecule has 0 bridgehead atoms. The fraction of sp³-hybridized carbons (Fsp3) is 0.158. The second-order valence-corrected chi connectivity index (χ2v) is 5.76. The van der Waals surface area contributed by atoms with Crippen LogP contribution in [0.1, 0.15) is 11.5 Å². The van der Waals surface area contributed by atoms with Crippen molar-refractivity contribution in [1.29, 1.82) is 0 Å². The van der Waals surface area contributed by atoms with Gasteiger partial charge in [-0.1, -0.05) is 23.4 Å². The molecule has 0 saturated carbocycles. The minimum absolute atomic E-state index is 0.483. The molecular weight excluding hydrogens is 330 g/mol. The Morgan fingerprint density at radius 3 is 2.69 bits per heavy atom. The van der Waals surface area contributed by atoms with E-state index in [1.54, 1.807) is 19.4 Å². The highest BCUT2D eigenvalue weighted by atomic mass is 16.5. The third kappa shape index (κ3) is 3.61. The zero-order chi connectivity index (χ0) is 17.8. The largest absolute Gasteiger partial charge is 0.444 e. The predicted molar refractivity (Wildman–Crippen MR) is 96.4 cm³/mol. The summed E-state index contributed by atoms with van der Waals surface area (Å²) < 4.78 is 10.7. The average Bonchev–Trinajstić information content (AvgIpc) is 3.32. The van der Waals surface area contributed by atoms with Crippen LogP contribution in [0.5, 0.6) is 0 Å². The third-order valence-electron chi connectivity index (χ3n) is 3.79. The summed E-state index contributed by atoms with van der Waals surface area (Å²) in [4.78, 5) is 13.1. The lowest BCUT2D eigenvalue weighted by molar-refractivity contribution is 0.425. The molecule has 0 aliphatic carbocycles. The predicted octanol–water partition coefficient (Wildman–Crippen LogP) is 3.75. The molecule has 26 heavy (non-hydrogen) atoms. The Morgan fingerprint density at radius 1 is 1.00 bits per heavy atom. The lowest BCUT2D eigenvalue weighted by atomic mass is 10.2. The summed E-state index contributed by atoms with van der Waals surface area (Å²) in [5.41, 5.74) is 2.69. The second-order valence-electron chi connectivity index (χ2n) is 5.76. The lowest BCUT2D eigenvalue weighted by Crippen LogP contribution is -2.06. The number of oxazole rings is 1. The Bertz CT molecular complexity index is 994. The van der Waals surface area contributed by atoms with Gasteiger partial charge in [0.05, 0.1) is 5.69 Å². The summed E-state index contributed by atoms with van der Waals surface area (Å²) in [5, 5.41) is 7.08. The van der Waals surface area contributed by atoms with Crippen LogP contribution in [-0.4, -0.2) is 26.7 Å². The van der Waals surface area contributed by atoms with E-state index in [1.807, 2.05) is 42.5 Å². The minimum Gasteiger partial charge on any atom is -0.444 e. The van der Waals surface area contributed by atoms with E-state index in [-0.39, 0.29) is 0 Å². The number of anilines is 1. The standard InChI is InChI=1S/C19H17N5O2/c1-13-22-19(26-24-13)15-7-9-20-17(11-15)21-10-8-16-12-25-18(23-16)14-5-3-2-4-6-14/h2-7,9,11-12H,8,10H2,1H3,(H,20,21). The number of aromatic nitrogens is 4. The first kappa shape index (κ1) is 16.0. The fourth-order valence-corrected chi connectivity index (χ4v) is 2.53. The van der Waals surface area contributed by atoms with Gasteiger partial charge in [-0.2, -0.15) is 4.98 Å². The third-order valence-corrected chi connectivity index (χ3v) is 3.79. The molecule has 1 aromatic carbocycles. The lowest BCUT2D eigenvalue weighted by Gasteiger charge is -2.04. The highest BCUT2D eigenvalue weighted by Gasteiger charge is 2.08. The molecule has 7 nitrogen and oxygen atoms in total. The van der Waals surface area contributed by atoms with Gasteiger partial charge in [0, 0.05) is 30.3 Å². The van der Waals surface area contributed by atoms with Crippen molar-refractivity contribution >= 4 is 5.82 Å². The summed E-state index contributed by atoms with van der Waals surface area (Å²) >= 11 is 0. The maximum Gasteiger partial charge on any atom is 0.258 e. The summed E-state index contributed by atoms with van der Waals surface area (Å²) in [6.07, 6.45) is 4.12. The van der Waals surface area contributed by atoms with Crippen LogP contribution in [-0.2, 0) is 6.42 Å². The van der Waals surface area contributed by atoms with Crippen LogP contribution in [0.4, 0.5) is 5.82 Å². The highest BCUT2D eigenvalue weighted by Crippen LogP contribution is 2.20. The van der Waals surface area contributed by atoms with Gasteiger partial charge < -0.3 is 14.3 Å². The van der Waals surface area contributed by atoms with Gasteiger partial charge in [-0.15, -0.1) is 0 Å². The second kappa shape index (κ2) is 7.18. The average molecular weight is 347 g/mol. The molecule has 1 N–H and O–H groups in total. The molecule has 0 spiro atoms. The molecule has 0 amide bonds. The molecule has 0 fully saturated rings. The smallest absolute Gasteiger partial charge is 0.258 e. The van der Waals surface area contributed by atoms with Crippen molar-refractivity contribution in [2.45, 2.75) is 13.3 Å². The van der Waals surface area contributed by atoms with Crippen molar-refractivity contribution in [2.75, 3.05) is 11.9 Å². The number of nitrogens with zero attached hydrogens (tertiary/aromatic N) is 4. The van der Waals surface area contributed by atoms with E-state index in [0.717, 1.165) is 29.1 Å². The minimum atomic E-state index is 0.483. The van der Waals surface area contributed by atoms with E-state index < -0.39 is 0 Å². The monoisotopic (exact) mass is 347 g/mol. The summed E-state index contributed by atoms with van der Waals surface area (Å²) in [6.45, 7) is 2.47. The molecule has 7 heteroatoms. The number of rotatable bonds is 6. The SMILES string of the molecule is Cc1noc(-c2ccnc(NCCc3coc(-c4ccccc4)n3)c2)n1. The summed E-state index contributed by atoms with van der Waals surface area (Å²) in [5.74, 6) is 2.46. The molecule has 0 radical (unpaired) electrons. The van der Waals surface area contributed by atoms with Crippen LogP contribution >= 0.6 is 0 Å². The molecule has 0 unspecified atom stereocenters. The Balaban J connectivity index is 1.37. The Hall–Kier alpha value is -3.48. The van der Waals surface area contributed by atoms with E-state index >= 15 is 0 Å². The van der Waals surface area contributed by atoms with Crippen molar-refractivity contribution in [3.8, 4) is 22.9 Å². The number of nitrogens with one attached hydrogen (secondary N) is 1. The van der Waals surface area contributed by atoms with Crippen molar-refractivity contribution < 1.29 is 8.94 Å². The van der Waals surface area contributed by atoms with E-state index in [9.17, 15) is 0 Å². The number of hydrogen-bond donors (Lipinski definition) is 1. The maximum absolute atomic E-state index is 5.55. The van der Waals surface area contributed by atoms with Gasteiger partial charge in [0.1, 0.15) is 12.1 Å². The molecule has 3 aromatic heterocycles. The van der Waals surface area contributed by atoms with E-state index in [2.05, 4.69) is 25.4 Å². The van der Waals surface area contributed by atoms with Crippen LogP contribution < -0.4 is 5.32 Å². The van der Waals surface area contributed by atoms with Crippen LogP contribution in [0.15, 0.2) is 63.9 Å². The van der Waals surface area contributed by atoms with Gasteiger partial charge in [0.15, 0.2) is 5.82 Å². The van der Waals surface area contributed by atoms with Gasteiger partial charge in [-0.05, 0) is 31.2 Å². The quantitative estimate of drug-likeness (QED) is 0.568. The van der Waals surface area contributed by atoms with Crippen LogP contribution in [0.3, 0.4) is 0 Å². The van der Waals surface area contributed by atoms with Crippen LogP contribution in [0.2, 0.25) is 0 Å². The maximum atomic E-state index is 5.55. The molecule has 0 atom stereocenters. The molecule has 130 valence electrons. The zero-order valence-corrected chi connectivity index (χ0v) is 14.2. The molecule has 0 saturated heterocycles. The van der Waals surface area contributed by atoms with Crippen molar-refractivity contribution in [1.82, 2.24) is 20.1 Å². The van der Waals surface area contributed by atoms with Gasteiger partial charge in [-0.25, -0.2) is 9.97 Å². The molecule has 3 heterocycles. The molecule has 4 rings (SSSR count). The van der Waals surface area contributed by atoms with Gasteiger partial charge in [-0.3, -0.25) is 0 Å². The normalized spacial score (nSPS) is 10.8. The van der Waals surface area contributed by atoms with Crippen molar-refractivity contribution in [3.63, 3.8) is 0 Å². The number of hydrogen-bond acceptors (Lipinski definition) is 7. The van der Waals surface area contributed by atoms with E-state index in [0.29, 0.717) is 24.2 Å². The van der Waals surface area contributed by atoms with E-state index in [1.165, 1.54) is 0 Å². The highest BCUT2D eigenvalue weighted by molar-refractivity contribution is 5.57. The summed E-state index contributed by atoms with van der Waals surface area (Å²) in [6, 6.07) is 13.6. The number of pyridine rings is 1. The molecule has 0 aliphatic heterocycles. The van der Waals surface area contributed by atoms with Crippen LogP contribution in [0, 0.1) is 6.92 Å². The fourth-order valence-electron chi connectivity index (χ4n) is 2.53. The zero-order valence-electron chi connectivity index (χ0n) is 14.2. The Morgan fingerprint density at radius 2 is 1.88 bits per heavy atom. The molecule has 4 aromatic rings.